The Labute approximate surface area is 101 Å². The average Bonchev–Trinajstić information content (AvgIpc) is 2.34. The molecular weight excluding hydrogens is 200 g/mol. The smallest absolute Gasteiger partial charge is 0.305 e. The second-order valence-electron chi connectivity index (χ2n) is 4.46. The maximum absolute atomic E-state index is 11.1. The molecule has 1 rings (SSSR count). The standard InChI is InChI=1S/C12H22O2.C2H6/c1-3-4-10-5-7-11(8-6-10)9-12(13)14-2;1-2/h10-11H,3-9H2,1-2H3;1-2H3. The first-order valence-electron chi connectivity index (χ1n) is 6.83. The van der Waals surface area contributed by atoms with Crippen LogP contribution in [0.25, 0.3) is 0 Å². The van der Waals surface area contributed by atoms with Crippen LogP contribution in [-0.4, -0.2) is 13.1 Å². The van der Waals surface area contributed by atoms with Crippen LogP contribution in [0.5, 0.6) is 0 Å². The summed E-state index contributed by atoms with van der Waals surface area (Å²) in [6.07, 6.45) is 8.37. The Morgan fingerprint density at radius 2 is 1.62 bits per heavy atom. The third kappa shape index (κ3) is 6.14. The van der Waals surface area contributed by atoms with E-state index in [2.05, 4.69) is 11.7 Å². The molecule has 0 aromatic carbocycles. The van der Waals surface area contributed by atoms with Crippen LogP contribution in [0.1, 0.15) is 65.7 Å². The van der Waals surface area contributed by atoms with Gasteiger partial charge in [-0.3, -0.25) is 4.79 Å². The second-order valence-corrected chi connectivity index (χ2v) is 4.46. The zero-order chi connectivity index (χ0) is 12.4. The van der Waals surface area contributed by atoms with Crippen LogP contribution >= 0.6 is 0 Å². The summed E-state index contributed by atoms with van der Waals surface area (Å²) in [5.41, 5.74) is 0. The van der Waals surface area contributed by atoms with Crippen molar-refractivity contribution in [1.82, 2.24) is 0 Å². The maximum atomic E-state index is 11.1. The molecule has 0 N–H and O–H groups in total. The van der Waals surface area contributed by atoms with E-state index in [1.165, 1.54) is 45.6 Å². The molecule has 0 aliphatic heterocycles. The number of methoxy groups -OCH3 is 1. The fourth-order valence-corrected chi connectivity index (χ4v) is 2.45. The minimum atomic E-state index is -0.0380. The Morgan fingerprint density at radius 3 is 2.06 bits per heavy atom. The fraction of sp³-hybridized carbons (Fsp3) is 0.929. The van der Waals surface area contributed by atoms with Gasteiger partial charge in [-0.2, -0.15) is 0 Å². The van der Waals surface area contributed by atoms with Crippen molar-refractivity contribution in [3.05, 3.63) is 0 Å². The summed E-state index contributed by atoms with van der Waals surface area (Å²) in [4.78, 5) is 11.1. The summed E-state index contributed by atoms with van der Waals surface area (Å²) in [6.45, 7) is 6.25. The lowest BCUT2D eigenvalue weighted by atomic mass is 9.79. The molecule has 16 heavy (non-hydrogen) atoms. The Kier molecular flexibility index (Phi) is 9.36. The summed E-state index contributed by atoms with van der Waals surface area (Å²) in [5.74, 6) is 1.48. The van der Waals surface area contributed by atoms with Gasteiger partial charge in [0.1, 0.15) is 0 Å². The van der Waals surface area contributed by atoms with Gasteiger partial charge in [0, 0.05) is 6.42 Å². The number of esters is 1. The molecule has 0 atom stereocenters. The van der Waals surface area contributed by atoms with Crippen molar-refractivity contribution in [2.75, 3.05) is 7.11 Å². The van der Waals surface area contributed by atoms with Crippen molar-refractivity contribution in [1.29, 1.82) is 0 Å². The van der Waals surface area contributed by atoms with Gasteiger partial charge >= 0.3 is 5.97 Å². The van der Waals surface area contributed by atoms with Crippen LogP contribution in [0, 0.1) is 11.8 Å². The topological polar surface area (TPSA) is 26.3 Å². The van der Waals surface area contributed by atoms with Gasteiger partial charge in [-0.1, -0.05) is 46.5 Å². The summed E-state index contributed by atoms with van der Waals surface area (Å²) in [7, 11) is 1.48. The zero-order valence-electron chi connectivity index (χ0n) is 11.4. The van der Waals surface area contributed by atoms with Gasteiger partial charge in [0.25, 0.3) is 0 Å². The first-order chi connectivity index (χ1) is 7.76. The summed E-state index contributed by atoms with van der Waals surface area (Å²) >= 11 is 0. The van der Waals surface area contributed by atoms with Crippen LogP contribution in [-0.2, 0) is 9.53 Å². The number of ether oxygens (including phenoxy) is 1. The molecule has 0 heterocycles. The predicted octanol–water partition coefficient (Wildman–Crippen LogP) is 4.18. The Balaban J connectivity index is 0.00000106. The molecule has 2 heteroatoms. The Morgan fingerprint density at radius 1 is 1.12 bits per heavy atom. The zero-order valence-corrected chi connectivity index (χ0v) is 11.4. The number of carbonyl (C=O) groups is 1. The third-order valence-corrected chi connectivity index (χ3v) is 3.35. The summed E-state index contributed by atoms with van der Waals surface area (Å²) in [6, 6.07) is 0. The van der Waals surface area contributed by atoms with E-state index in [1.807, 2.05) is 13.8 Å². The van der Waals surface area contributed by atoms with Gasteiger partial charge < -0.3 is 4.74 Å². The largest absolute Gasteiger partial charge is 0.469 e. The molecule has 0 aromatic heterocycles. The van der Waals surface area contributed by atoms with Crippen LogP contribution in [0.4, 0.5) is 0 Å². The highest BCUT2D eigenvalue weighted by Crippen LogP contribution is 2.33. The van der Waals surface area contributed by atoms with Crippen molar-refractivity contribution >= 4 is 5.97 Å². The number of carbonyl (C=O) groups excluding carboxylic acids is 1. The molecule has 0 bridgehead atoms. The quantitative estimate of drug-likeness (QED) is 0.675. The molecule has 0 saturated heterocycles. The predicted molar refractivity (Wildman–Crippen MR) is 68.3 cm³/mol. The van der Waals surface area contributed by atoms with E-state index >= 15 is 0 Å². The van der Waals surface area contributed by atoms with Gasteiger partial charge in [-0.25, -0.2) is 0 Å². The molecule has 0 radical (unpaired) electrons. The lowest BCUT2D eigenvalue weighted by Crippen LogP contribution is -2.17. The highest BCUT2D eigenvalue weighted by atomic mass is 16.5. The molecule has 0 spiro atoms. The van der Waals surface area contributed by atoms with E-state index in [-0.39, 0.29) is 5.97 Å². The van der Waals surface area contributed by atoms with Crippen LogP contribution in [0.15, 0.2) is 0 Å². The molecule has 0 unspecified atom stereocenters. The molecule has 96 valence electrons. The van der Waals surface area contributed by atoms with Crippen molar-refractivity contribution in [2.45, 2.75) is 65.7 Å². The normalized spacial score (nSPS) is 24.2. The van der Waals surface area contributed by atoms with Crippen molar-refractivity contribution in [3.8, 4) is 0 Å². The van der Waals surface area contributed by atoms with Crippen molar-refractivity contribution < 1.29 is 9.53 Å². The van der Waals surface area contributed by atoms with Gasteiger partial charge in [0.15, 0.2) is 0 Å². The van der Waals surface area contributed by atoms with Crippen LogP contribution in [0.2, 0.25) is 0 Å². The lowest BCUT2D eigenvalue weighted by Gasteiger charge is -2.27. The van der Waals surface area contributed by atoms with E-state index in [1.54, 1.807) is 0 Å². The Hall–Kier alpha value is -0.530. The van der Waals surface area contributed by atoms with E-state index in [0.717, 1.165) is 5.92 Å². The number of hydrogen-bond acceptors (Lipinski definition) is 2. The monoisotopic (exact) mass is 228 g/mol. The number of rotatable bonds is 4. The fourth-order valence-electron chi connectivity index (χ4n) is 2.45. The molecule has 1 aliphatic rings. The molecule has 1 aliphatic carbocycles. The van der Waals surface area contributed by atoms with E-state index in [4.69, 9.17) is 0 Å². The summed E-state index contributed by atoms with van der Waals surface area (Å²) < 4.78 is 4.69. The van der Waals surface area contributed by atoms with E-state index < -0.39 is 0 Å². The van der Waals surface area contributed by atoms with Gasteiger partial charge in [-0.15, -0.1) is 0 Å². The van der Waals surface area contributed by atoms with Gasteiger partial charge in [0.2, 0.25) is 0 Å². The van der Waals surface area contributed by atoms with Crippen molar-refractivity contribution in [2.24, 2.45) is 11.8 Å². The molecule has 0 aromatic rings. The SMILES string of the molecule is CC.CCCC1CCC(CC(=O)OC)CC1. The maximum Gasteiger partial charge on any atom is 0.305 e. The highest BCUT2D eigenvalue weighted by Gasteiger charge is 2.22. The second kappa shape index (κ2) is 9.68. The average molecular weight is 228 g/mol. The Bertz CT molecular complexity index is 170. The van der Waals surface area contributed by atoms with E-state index in [0.29, 0.717) is 12.3 Å². The van der Waals surface area contributed by atoms with Crippen LogP contribution < -0.4 is 0 Å². The lowest BCUT2D eigenvalue weighted by molar-refractivity contribution is -0.142. The molecule has 1 fully saturated rings. The van der Waals surface area contributed by atoms with E-state index in [9.17, 15) is 4.79 Å². The molecule has 1 saturated carbocycles. The molecule has 0 amide bonds. The third-order valence-electron chi connectivity index (χ3n) is 3.35. The van der Waals surface area contributed by atoms with Gasteiger partial charge in [0.05, 0.1) is 7.11 Å². The number of hydrogen-bond donors (Lipinski definition) is 0. The van der Waals surface area contributed by atoms with Crippen molar-refractivity contribution in [3.63, 3.8) is 0 Å². The minimum absolute atomic E-state index is 0.0380. The minimum Gasteiger partial charge on any atom is -0.469 e. The molecular formula is C14H28O2. The summed E-state index contributed by atoms with van der Waals surface area (Å²) in [5, 5.41) is 0. The highest BCUT2D eigenvalue weighted by molar-refractivity contribution is 5.69. The first kappa shape index (κ1) is 15.5. The van der Waals surface area contributed by atoms with Crippen LogP contribution in [0.3, 0.4) is 0 Å². The molecule has 2 nitrogen and oxygen atoms in total. The first-order valence-corrected chi connectivity index (χ1v) is 6.83. The van der Waals surface area contributed by atoms with Gasteiger partial charge in [-0.05, 0) is 24.7 Å².